The summed E-state index contributed by atoms with van der Waals surface area (Å²) >= 11 is 0. The molecule has 0 aliphatic heterocycles. The first-order valence-corrected chi connectivity index (χ1v) is 3.94. The highest BCUT2D eigenvalue weighted by molar-refractivity contribution is 7.21. The fourth-order valence-electron chi connectivity index (χ4n) is 1.02. The van der Waals surface area contributed by atoms with Crippen molar-refractivity contribution in [2.45, 2.75) is 13.8 Å². The first kappa shape index (κ1) is 7.63. The number of benzene rings is 1. The third-order valence-electron chi connectivity index (χ3n) is 1.57. The van der Waals surface area contributed by atoms with Gasteiger partial charge in [-0.15, -0.1) is 12.1 Å². The van der Waals surface area contributed by atoms with E-state index in [1.54, 1.807) is 0 Å². The van der Waals surface area contributed by atoms with E-state index in [9.17, 15) is 0 Å². The van der Waals surface area contributed by atoms with Crippen LogP contribution >= 0.6 is 9.24 Å². The van der Waals surface area contributed by atoms with E-state index >= 15 is 0 Å². The van der Waals surface area contributed by atoms with Crippen molar-refractivity contribution in [3.05, 3.63) is 41.1 Å². The molecule has 0 amide bonds. The van der Waals surface area contributed by atoms with Gasteiger partial charge in [0.05, 0.1) is 0 Å². The molecule has 0 saturated carbocycles. The fraction of sp³-hybridized carbons (Fsp3) is 0.222. The lowest BCUT2D eigenvalue weighted by Gasteiger charge is -2.18. The van der Waals surface area contributed by atoms with E-state index < -0.39 is 0 Å². The van der Waals surface area contributed by atoms with E-state index in [2.05, 4.69) is 47.4 Å². The summed E-state index contributed by atoms with van der Waals surface area (Å²) < 4.78 is 0. The molecule has 0 aliphatic rings. The van der Waals surface area contributed by atoms with E-state index in [-0.39, 0.29) is 0 Å². The minimum atomic E-state index is 1.30. The summed E-state index contributed by atoms with van der Waals surface area (Å²) in [5, 5.41) is 0. The Labute approximate surface area is 64.9 Å². The summed E-state index contributed by atoms with van der Waals surface area (Å²) in [6.07, 6.45) is 0. The Bertz CT molecular complexity index is 216. The zero-order chi connectivity index (χ0) is 7.56. The largest absolute Gasteiger partial charge is 0.182 e. The summed E-state index contributed by atoms with van der Waals surface area (Å²) in [5.74, 6) is 0. The van der Waals surface area contributed by atoms with Crippen LogP contribution in [-0.2, 0) is 0 Å². The van der Waals surface area contributed by atoms with Crippen LogP contribution in [0.2, 0.25) is 0 Å². The molecule has 0 saturated heterocycles. The average molecular weight is 151 g/mol. The van der Waals surface area contributed by atoms with Gasteiger partial charge >= 0.3 is 0 Å². The molecular weight excluding hydrogens is 139 g/mol. The Morgan fingerprint density at radius 2 is 1.90 bits per heavy atom. The van der Waals surface area contributed by atoms with Crippen molar-refractivity contribution in [1.29, 1.82) is 0 Å². The molecule has 0 radical (unpaired) electrons. The van der Waals surface area contributed by atoms with E-state index in [0.717, 1.165) is 0 Å². The molecule has 0 aromatic heterocycles. The molecule has 1 atom stereocenters. The van der Waals surface area contributed by atoms with Gasteiger partial charge in [0.2, 0.25) is 0 Å². The second-order valence-corrected chi connectivity index (χ2v) is 3.36. The van der Waals surface area contributed by atoms with E-state index in [1.807, 2.05) is 0 Å². The van der Waals surface area contributed by atoms with E-state index in [1.165, 1.54) is 16.8 Å². The molecule has 1 aromatic carbocycles. The van der Waals surface area contributed by atoms with Gasteiger partial charge in [0, 0.05) is 0 Å². The molecule has 1 unspecified atom stereocenters. The van der Waals surface area contributed by atoms with Crippen molar-refractivity contribution in [1.82, 2.24) is 0 Å². The maximum Gasteiger partial charge on any atom is -0.0853 e. The van der Waals surface area contributed by atoms with Crippen LogP contribution in [0.15, 0.2) is 24.3 Å². The zero-order valence-electron chi connectivity index (χ0n) is 6.39. The average Bonchev–Trinajstić information content (AvgIpc) is 1.88. The number of rotatable bonds is 1. The SMILES string of the molecule is Cc1ccccc1[C-](C)P. The lowest BCUT2D eigenvalue weighted by atomic mass is 10.1. The molecule has 0 spiro atoms. The third-order valence-corrected chi connectivity index (χ3v) is 1.88. The molecular formula is C9H12P-. The molecule has 0 fully saturated rings. The monoisotopic (exact) mass is 151 g/mol. The Hall–Kier alpha value is -0.480. The van der Waals surface area contributed by atoms with Gasteiger partial charge in [-0.25, -0.2) is 0 Å². The topological polar surface area (TPSA) is 0 Å². The van der Waals surface area contributed by atoms with Crippen molar-refractivity contribution in [3.63, 3.8) is 0 Å². The highest BCUT2D eigenvalue weighted by Crippen LogP contribution is 2.23. The van der Waals surface area contributed by atoms with Gasteiger partial charge in [-0.05, 0) is 0 Å². The molecule has 0 N–H and O–H groups in total. The molecule has 0 nitrogen and oxygen atoms in total. The second kappa shape index (κ2) is 3.07. The van der Waals surface area contributed by atoms with Crippen LogP contribution in [0.4, 0.5) is 0 Å². The Morgan fingerprint density at radius 1 is 1.30 bits per heavy atom. The van der Waals surface area contributed by atoms with Gasteiger partial charge in [-0.3, -0.25) is 0 Å². The van der Waals surface area contributed by atoms with E-state index in [0.29, 0.717) is 0 Å². The second-order valence-electron chi connectivity index (χ2n) is 2.50. The maximum atomic E-state index is 2.72. The van der Waals surface area contributed by atoms with Gasteiger partial charge in [0.1, 0.15) is 0 Å². The lowest BCUT2D eigenvalue weighted by Crippen LogP contribution is -1.87. The minimum Gasteiger partial charge on any atom is -0.182 e. The first-order chi connectivity index (χ1) is 4.72. The quantitative estimate of drug-likeness (QED) is 0.427. The minimum absolute atomic E-state index is 1.30. The van der Waals surface area contributed by atoms with E-state index in [4.69, 9.17) is 0 Å². The van der Waals surface area contributed by atoms with Crippen LogP contribution < -0.4 is 0 Å². The predicted octanol–water partition coefficient (Wildman–Crippen LogP) is 2.77. The summed E-state index contributed by atoms with van der Waals surface area (Å²) in [6.45, 7) is 4.23. The lowest BCUT2D eigenvalue weighted by molar-refractivity contribution is 1.29. The molecule has 1 heteroatoms. The Kier molecular flexibility index (Phi) is 2.34. The molecule has 0 bridgehead atoms. The molecule has 10 heavy (non-hydrogen) atoms. The third kappa shape index (κ3) is 1.52. The maximum absolute atomic E-state index is 2.72. The summed E-state index contributed by atoms with van der Waals surface area (Å²) in [7, 11) is 2.72. The summed E-state index contributed by atoms with van der Waals surface area (Å²) in [4.78, 5) is 0. The number of aryl methyl sites for hydroxylation is 1. The fourth-order valence-corrected chi connectivity index (χ4v) is 1.34. The van der Waals surface area contributed by atoms with Gasteiger partial charge < -0.3 is 0 Å². The molecule has 0 aliphatic carbocycles. The number of hydrogen-bond donors (Lipinski definition) is 0. The summed E-state index contributed by atoms with van der Waals surface area (Å²) in [5.41, 5.74) is 3.99. The highest BCUT2D eigenvalue weighted by atomic mass is 31.0. The molecule has 1 rings (SSSR count). The van der Waals surface area contributed by atoms with Crippen LogP contribution in [-0.4, -0.2) is 0 Å². The van der Waals surface area contributed by atoms with Gasteiger partial charge in [0.15, 0.2) is 0 Å². The van der Waals surface area contributed by atoms with Crippen LogP contribution in [0.1, 0.15) is 18.1 Å². The normalized spacial score (nSPS) is 9.50. The van der Waals surface area contributed by atoms with Crippen molar-refractivity contribution >= 4 is 9.24 Å². The molecule has 54 valence electrons. The smallest absolute Gasteiger partial charge is 0.0853 e. The van der Waals surface area contributed by atoms with Crippen molar-refractivity contribution in [3.8, 4) is 0 Å². The van der Waals surface area contributed by atoms with Gasteiger partial charge in [0.25, 0.3) is 0 Å². The molecule has 0 heterocycles. The van der Waals surface area contributed by atoms with Gasteiger partial charge in [-0.1, -0.05) is 19.9 Å². The standard InChI is InChI=1S/C9H12P/c1-7-5-3-4-6-9(7)8(2)10/h3-6H,10H2,1-2H3/q-1. The van der Waals surface area contributed by atoms with Crippen LogP contribution in [0.25, 0.3) is 0 Å². The zero-order valence-corrected chi connectivity index (χ0v) is 7.54. The predicted molar refractivity (Wildman–Crippen MR) is 48.9 cm³/mol. The van der Waals surface area contributed by atoms with Crippen LogP contribution in [0.3, 0.4) is 0 Å². The van der Waals surface area contributed by atoms with Crippen molar-refractivity contribution < 1.29 is 0 Å². The molecule has 1 aromatic rings. The highest BCUT2D eigenvalue weighted by Gasteiger charge is 1.88. The Balaban J connectivity index is 3.03. The summed E-state index contributed by atoms with van der Waals surface area (Å²) in [6, 6.07) is 8.39. The van der Waals surface area contributed by atoms with Crippen LogP contribution in [0, 0.1) is 12.6 Å². The Morgan fingerprint density at radius 3 is 2.30 bits per heavy atom. The number of hydrogen-bond acceptors (Lipinski definition) is 0. The van der Waals surface area contributed by atoms with Crippen molar-refractivity contribution in [2.75, 3.05) is 0 Å². The first-order valence-electron chi connectivity index (χ1n) is 3.37. The van der Waals surface area contributed by atoms with Crippen molar-refractivity contribution in [2.24, 2.45) is 0 Å². The van der Waals surface area contributed by atoms with Gasteiger partial charge in [-0.2, -0.15) is 32.1 Å². The van der Waals surface area contributed by atoms with Crippen LogP contribution in [0.5, 0.6) is 0 Å².